The van der Waals surface area contributed by atoms with Crippen LogP contribution in [0.5, 0.6) is 0 Å². The van der Waals surface area contributed by atoms with E-state index in [4.69, 9.17) is 10.2 Å². The molecule has 0 bridgehead atoms. The SMILES string of the molecule is OCCN1CCCC1.OCCN1CCCCC1. The van der Waals surface area contributed by atoms with Crippen LogP contribution < -0.4 is 0 Å². The molecule has 0 aliphatic carbocycles. The Morgan fingerprint density at radius 3 is 1.29 bits per heavy atom. The second-order valence-electron chi connectivity index (χ2n) is 4.90. The van der Waals surface area contributed by atoms with Crippen LogP contribution in [0.25, 0.3) is 0 Å². The number of hydrogen-bond acceptors (Lipinski definition) is 4. The molecule has 0 radical (unpaired) electrons. The maximum Gasteiger partial charge on any atom is 0.0558 e. The second-order valence-corrected chi connectivity index (χ2v) is 4.90. The molecule has 0 unspecified atom stereocenters. The van der Waals surface area contributed by atoms with Gasteiger partial charge in [0.25, 0.3) is 0 Å². The van der Waals surface area contributed by atoms with E-state index in [-0.39, 0.29) is 0 Å². The summed E-state index contributed by atoms with van der Waals surface area (Å²) in [7, 11) is 0. The van der Waals surface area contributed by atoms with E-state index in [9.17, 15) is 0 Å². The normalized spacial score (nSPS) is 22.2. The van der Waals surface area contributed by atoms with Crippen molar-refractivity contribution in [1.82, 2.24) is 9.80 Å². The molecule has 0 spiro atoms. The third kappa shape index (κ3) is 6.99. The summed E-state index contributed by atoms with van der Waals surface area (Å²) >= 11 is 0. The van der Waals surface area contributed by atoms with E-state index in [0.717, 1.165) is 13.1 Å². The number of hydrogen-bond donors (Lipinski definition) is 2. The molecule has 0 atom stereocenters. The van der Waals surface area contributed by atoms with Gasteiger partial charge in [-0.15, -0.1) is 0 Å². The average Bonchev–Trinajstić information content (AvgIpc) is 2.85. The Hall–Kier alpha value is -0.160. The van der Waals surface area contributed by atoms with Crippen molar-refractivity contribution in [3.8, 4) is 0 Å². The molecular formula is C13H28N2O2. The van der Waals surface area contributed by atoms with Gasteiger partial charge >= 0.3 is 0 Å². The molecule has 2 N–H and O–H groups in total. The summed E-state index contributed by atoms with van der Waals surface area (Å²) in [4.78, 5) is 4.61. The molecule has 2 aliphatic rings. The van der Waals surface area contributed by atoms with Gasteiger partial charge in [0.1, 0.15) is 0 Å². The lowest BCUT2D eigenvalue weighted by Crippen LogP contribution is -2.31. The van der Waals surface area contributed by atoms with E-state index >= 15 is 0 Å². The van der Waals surface area contributed by atoms with Gasteiger partial charge in [-0.3, -0.25) is 0 Å². The number of aliphatic hydroxyl groups is 2. The molecule has 2 rings (SSSR count). The molecule has 102 valence electrons. The minimum atomic E-state index is 0.319. The van der Waals surface area contributed by atoms with Crippen molar-refractivity contribution in [3.63, 3.8) is 0 Å². The Morgan fingerprint density at radius 1 is 0.588 bits per heavy atom. The number of piperidine rings is 1. The highest BCUT2D eigenvalue weighted by Crippen LogP contribution is 2.07. The number of nitrogens with zero attached hydrogens (tertiary/aromatic N) is 2. The zero-order chi connectivity index (χ0) is 12.3. The summed E-state index contributed by atoms with van der Waals surface area (Å²) in [6.45, 7) is 7.17. The predicted octanol–water partition coefficient (Wildman–Crippen LogP) is 0.539. The zero-order valence-corrected chi connectivity index (χ0v) is 11.0. The van der Waals surface area contributed by atoms with E-state index < -0.39 is 0 Å². The van der Waals surface area contributed by atoms with E-state index in [2.05, 4.69) is 9.80 Å². The molecule has 0 aromatic carbocycles. The standard InChI is InChI=1S/C7H15NO.C6H13NO/c9-7-6-8-4-2-1-3-5-8;8-6-5-7-3-1-2-4-7/h9H,1-7H2;8H,1-6H2. The van der Waals surface area contributed by atoms with Crippen LogP contribution in [0.3, 0.4) is 0 Å². The first-order valence-electron chi connectivity index (χ1n) is 7.03. The summed E-state index contributed by atoms with van der Waals surface area (Å²) < 4.78 is 0. The van der Waals surface area contributed by atoms with Gasteiger partial charge in [-0.2, -0.15) is 0 Å². The van der Waals surface area contributed by atoms with Crippen molar-refractivity contribution < 1.29 is 10.2 Å². The molecule has 2 saturated heterocycles. The number of aliphatic hydroxyl groups excluding tert-OH is 2. The molecule has 0 aromatic heterocycles. The molecule has 17 heavy (non-hydrogen) atoms. The molecule has 2 aliphatic heterocycles. The fraction of sp³-hybridized carbons (Fsp3) is 1.00. The van der Waals surface area contributed by atoms with Crippen molar-refractivity contribution >= 4 is 0 Å². The number of likely N-dealkylation sites (tertiary alicyclic amines) is 2. The highest BCUT2D eigenvalue weighted by atomic mass is 16.3. The number of rotatable bonds is 4. The van der Waals surface area contributed by atoms with Crippen LogP contribution in [0.15, 0.2) is 0 Å². The average molecular weight is 244 g/mol. The first kappa shape index (κ1) is 14.9. The molecule has 0 aromatic rings. The van der Waals surface area contributed by atoms with Gasteiger partial charge in [-0.25, -0.2) is 0 Å². The summed E-state index contributed by atoms with van der Waals surface area (Å²) in [6.07, 6.45) is 6.65. The fourth-order valence-corrected chi connectivity index (χ4v) is 2.47. The van der Waals surface area contributed by atoms with Gasteiger partial charge in [0.15, 0.2) is 0 Å². The van der Waals surface area contributed by atoms with E-state index in [1.54, 1.807) is 0 Å². The third-order valence-corrected chi connectivity index (χ3v) is 3.48. The van der Waals surface area contributed by atoms with Crippen molar-refractivity contribution in [3.05, 3.63) is 0 Å². The largest absolute Gasteiger partial charge is 0.395 e. The van der Waals surface area contributed by atoms with Crippen molar-refractivity contribution in [2.45, 2.75) is 32.1 Å². The van der Waals surface area contributed by atoms with Crippen molar-refractivity contribution in [2.75, 3.05) is 52.5 Å². The molecule has 4 nitrogen and oxygen atoms in total. The highest BCUT2D eigenvalue weighted by molar-refractivity contribution is 4.64. The van der Waals surface area contributed by atoms with Crippen LogP contribution >= 0.6 is 0 Å². The van der Waals surface area contributed by atoms with E-state index in [0.29, 0.717) is 13.2 Å². The summed E-state index contributed by atoms with van der Waals surface area (Å²) in [5, 5.41) is 17.1. The first-order valence-corrected chi connectivity index (χ1v) is 7.03. The Morgan fingerprint density at radius 2 is 0.941 bits per heavy atom. The molecule has 0 amide bonds. The van der Waals surface area contributed by atoms with Gasteiger partial charge in [0, 0.05) is 13.1 Å². The van der Waals surface area contributed by atoms with Crippen LogP contribution in [0.4, 0.5) is 0 Å². The van der Waals surface area contributed by atoms with Gasteiger partial charge < -0.3 is 20.0 Å². The molecule has 0 saturated carbocycles. The molecule has 2 heterocycles. The summed E-state index contributed by atoms with van der Waals surface area (Å²) in [5.74, 6) is 0. The van der Waals surface area contributed by atoms with E-state index in [1.807, 2.05) is 0 Å². The minimum absolute atomic E-state index is 0.319. The summed E-state index contributed by atoms with van der Waals surface area (Å²) in [6, 6.07) is 0. The smallest absolute Gasteiger partial charge is 0.0558 e. The first-order chi connectivity index (χ1) is 8.36. The fourth-order valence-electron chi connectivity index (χ4n) is 2.47. The minimum Gasteiger partial charge on any atom is -0.395 e. The van der Waals surface area contributed by atoms with Crippen LogP contribution in [0, 0.1) is 0 Å². The monoisotopic (exact) mass is 244 g/mol. The van der Waals surface area contributed by atoms with Crippen LogP contribution in [-0.2, 0) is 0 Å². The van der Waals surface area contributed by atoms with Crippen molar-refractivity contribution in [1.29, 1.82) is 0 Å². The second kappa shape index (κ2) is 9.83. The zero-order valence-electron chi connectivity index (χ0n) is 11.0. The Kier molecular flexibility index (Phi) is 8.61. The topological polar surface area (TPSA) is 46.9 Å². The Balaban J connectivity index is 0.000000171. The van der Waals surface area contributed by atoms with Gasteiger partial charge in [0.2, 0.25) is 0 Å². The quantitative estimate of drug-likeness (QED) is 0.758. The van der Waals surface area contributed by atoms with Crippen LogP contribution in [0.2, 0.25) is 0 Å². The van der Waals surface area contributed by atoms with Crippen LogP contribution in [-0.4, -0.2) is 72.5 Å². The van der Waals surface area contributed by atoms with Crippen molar-refractivity contribution in [2.24, 2.45) is 0 Å². The maximum absolute atomic E-state index is 8.58. The Labute approximate surface area is 105 Å². The van der Waals surface area contributed by atoms with E-state index in [1.165, 1.54) is 58.3 Å². The van der Waals surface area contributed by atoms with Gasteiger partial charge in [0.05, 0.1) is 13.2 Å². The summed E-state index contributed by atoms with van der Waals surface area (Å²) in [5.41, 5.74) is 0. The lowest BCUT2D eigenvalue weighted by molar-refractivity contribution is 0.173. The predicted molar refractivity (Wildman–Crippen MR) is 70.1 cm³/mol. The third-order valence-electron chi connectivity index (χ3n) is 3.48. The molecular weight excluding hydrogens is 216 g/mol. The number of β-amino-alcohol motifs (C(OH)–C–C–N with tert-alkyl or cyclic N) is 2. The Bertz CT molecular complexity index is 164. The lowest BCUT2D eigenvalue weighted by atomic mass is 10.1. The highest BCUT2D eigenvalue weighted by Gasteiger charge is 2.09. The maximum atomic E-state index is 8.58. The molecule has 4 heteroatoms. The van der Waals surface area contributed by atoms with Gasteiger partial charge in [-0.05, 0) is 51.9 Å². The lowest BCUT2D eigenvalue weighted by Gasteiger charge is -2.25. The molecule has 2 fully saturated rings. The van der Waals surface area contributed by atoms with Gasteiger partial charge in [-0.1, -0.05) is 6.42 Å². The van der Waals surface area contributed by atoms with Crippen LogP contribution in [0.1, 0.15) is 32.1 Å².